The summed E-state index contributed by atoms with van der Waals surface area (Å²) >= 11 is 53.2. The predicted octanol–water partition coefficient (Wildman–Crippen LogP) is 8.41. The van der Waals surface area contributed by atoms with Crippen molar-refractivity contribution in [3.8, 4) is 22.8 Å². The lowest BCUT2D eigenvalue weighted by Crippen LogP contribution is -2.16. The van der Waals surface area contributed by atoms with Crippen LogP contribution in [-0.2, 0) is 30.6 Å². The minimum atomic E-state index is -2.00. The van der Waals surface area contributed by atoms with Crippen molar-refractivity contribution in [2.24, 2.45) is 10.3 Å². The minimum absolute atomic E-state index is 0.00416. The van der Waals surface area contributed by atoms with Gasteiger partial charge in [-0.25, -0.2) is 39.5 Å². The second-order valence-electron chi connectivity index (χ2n) is 9.47. The number of aryl methyl sites for hydroxylation is 1. The number of hydrogen-bond acceptors (Lipinski definition) is 12. The lowest BCUT2D eigenvalue weighted by Gasteiger charge is -2.15. The Labute approximate surface area is 323 Å². The Balaban J connectivity index is 1.25. The molecule has 0 saturated carbocycles. The van der Waals surface area contributed by atoms with Crippen molar-refractivity contribution in [2.45, 2.75) is 31.1 Å². The largest absolute Gasteiger partial charge is 0.335 e. The molecule has 12 nitrogen and oxygen atoms in total. The van der Waals surface area contributed by atoms with E-state index < -0.39 is 23.3 Å². The summed E-state index contributed by atoms with van der Waals surface area (Å²) in [6.45, 7) is 1.65. The van der Waals surface area contributed by atoms with Crippen molar-refractivity contribution >= 4 is 129 Å². The van der Waals surface area contributed by atoms with Crippen molar-refractivity contribution in [3.63, 3.8) is 0 Å². The number of nitrogens with zero attached hydrogens (tertiary/aromatic N) is 8. The van der Waals surface area contributed by atoms with Gasteiger partial charge in [0.05, 0.1) is 25.3 Å². The van der Waals surface area contributed by atoms with Crippen LogP contribution in [0.2, 0.25) is 0 Å². The van der Waals surface area contributed by atoms with Crippen molar-refractivity contribution in [1.29, 1.82) is 0 Å². The van der Waals surface area contributed by atoms with Crippen LogP contribution in [0, 0.1) is 6.92 Å². The number of hydrogen-bond donors (Lipinski definition) is 0. The van der Waals surface area contributed by atoms with E-state index in [-0.39, 0.29) is 36.1 Å². The highest BCUT2D eigenvalue weighted by Gasteiger charge is 2.34. The molecule has 2 aromatic heterocycles. The van der Waals surface area contributed by atoms with Crippen LogP contribution in [0.3, 0.4) is 0 Å². The van der Waals surface area contributed by atoms with Crippen LogP contribution in [0.25, 0.3) is 22.8 Å². The van der Waals surface area contributed by atoms with Crippen LogP contribution >= 0.6 is 104 Å². The van der Waals surface area contributed by atoms with E-state index in [9.17, 15) is 9.59 Å². The van der Waals surface area contributed by atoms with Gasteiger partial charge >= 0.3 is 11.9 Å². The summed E-state index contributed by atoms with van der Waals surface area (Å²) in [5.74, 6) is -1.27. The average Bonchev–Trinajstić information content (AvgIpc) is 3.03. The van der Waals surface area contributed by atoms with Crippen LogP contribution in [0.4, 0.5) is 0 Å². The number of aromatic nitrogens is 6. The number of carbonyl (C=O) groups is 2. The summed E-state index contributed by atoms with van der Waals surface area (Å²) < 4.78 is -5.81. The first-order chi connectivity index (χ1) is 22.9. The Kier molecular flexibility index (Phi) is 13.2. The summed E-state index contributed by atoms with van der Waals surface area (Å²) in [6, 6.07) is 13.2. The van der Waals surface area contributed by atoms with E-state index in [4.69, 9.17) is 114 Å². The zero-order valence-electron chi connectivity index (χ0n) is 24.3. The van der Waals surface area contributed by atoms with Gasteiger partial charge in [-0.1, -0.05) is 163 Å². The number of carbonyl (C=O) groups excluding carboxylic acids is 2. The normalized spacial score (nSPS) is 12.4. The first-order valence-corrected chi connectivity index (χ1v) is 16.7. The number of halogens is 9. The zero-order chi connectivity index (χ0) is 36.0. The monoisotopic (exact) mass is 844 g/mol. The molecule has 0 saturated heterocycles. The van der Waals surface area contributed by atoms with Gasteiger partial charge in [-0.2, -0.15) is 0 Å². The summed E-state index contributed by atoms with van der Waals surface area (Å²) in [5.41, 5.74) is 2.22. The number of benzene rings is 2. The van der Waals surface area contributed by atoms with Gasteiger partial charge in [-0.3, -0.25) is 0 Å². The molecule has 2 aromatic carbocycles. The van der Waals surface area contributed by atoms with Crippen LogP contribution in [0.15, 0.2) is 58.8 Å². The van der Waals surface area contributed by atoms with Gasteiger partial charge in [0.1, 0.15) is 5.82 Å². The van der Waals surface area contributed by atoms with E-state index in [1.165, 1.54) is 12.4 Å². The summed E-state index contributed by atoms with van der Waals surface area (Å²) in [7, 11) is 0. The van der Waals surface area contributed by atoms with Crippen LogP contribution < -0.4 is 0 Å². The molecular weight excluding hydrogens is 831 g/mol. The molecule has 0 spiro atoms. The van der Waals surface area contributed by atoms with E-state index >= 15 is 0 Å². The number of oxime groups is 2. The van der Waals surface area contributed by atoms with E-state index in [1.807, 2.05) is 0 Å². The highest BCUT2D eigenvalue weighted by molar-refractivity contribution is 6.67. The van der Waals surface area contributed by atoms with Crippen molar-refractivity contribution in [3.05, 3.63) is 83.0 Å². The minimum Gasteiger partial charge on any atom is -0.318 e. The van der Waals surface area contributed by atoms with E-state index in [0.717, 1.165) is 0 Å². The van der Waals surface area contributed by atoms with E-state index in [1.54, 1.807) is 55.5 Å². The number of alkyl halides is 9. The third-order valence-electron chi connectivity index (χ3n) is 5.73. The topological polar surface area (TPSA) is 155 Å². The van der Waals surface area contributed by atoms with E-state index in [0.29, 0.717) is 33.9 Å². The molecule has 0 bridgehead atoms. The maximum absolute atomic E-state index is 12.0. The van der Waals surface area contributed by atoms with Crippen molar-refractivity contribution in [2.75, 3.05) is 0 Å². The van der Waals surface area contributed by atoms with E-state index in [2.05, 4.69) is 40.2 Å². The van der Waals surface area contributed by atoms with Crippen molar-refractivity contribution in [1.82, 2.24) is 29.9 Å². The molecule has 256 valence electrons. The molecule has 0 radical (unpaired) electrons. The summed E-state index contributed by atoms with van der Waals surface area (Å²) in [4.78, 5) is 58.3. The quantitative estimate of drug-likeness (QED) is 0.0694. The van der Waals surface area contributed by atoms with Gasteiger partial charge in [0.15, 0.2) is 29.1 Å². The molecule has 0 fully saturated rings. The Hall–Kier alpha value is -2.65. The molecule has 0 atom stereocenters. The summed E-state index contributed by atoms with van der Waals surface area (Å²) in [6.07, 6.45) is 1.96. The van der Waals surface area contributed by atoms with Gasteiger partial charge < -0.3 is 9.68 Å². The SMILES string of the molecule is Cc1nc(-c2ccc(/C=N/OC(=O)CCC(=O)O/N=C/c3ccc(-c4nc(C(Cl)(Cl)Cl)nc(C(Cl)(Cl)Cl)n4)cc3)cc2)nc(C(Cl)(Cl)Cl)n1. The number of rotatable bonds is 9. The smallest absolute Gasteiger partial charge is 0.318 e. The molecule has 0 aliphatic heterocycles. The molecule has 4 rings (SSSR count). The molecule has 0 amide bonds. The Bertz CT molecular complexity index is 1850. The second-order valence-corrected chi connectivity index (χ2v) is 16.3. The molecule has 0 aliphatic rings. The van der Waals surface area contributed by atoms with Gasteiger partial charge in [0.2, 0.25) is 11.4 Å². The Morgan fingerprint density at radius 3 is 1.29 bits per heavy atom. The second kappa shape index (κ2) is 16.6. The first kappa shape index (κ1) is 39.1. The highest BCUT2D eigenvalue weighted by atomic mass is 35.6. The Morgan fingerprint density at radius 1 is 0.571 bits per heavy atom. The molecule has 21 heteroatoms. The molecule has 2 heterocycles. The van der Waals surface area contributed by atoms with Gasteiger partial charge in [0, 0.05) is 11.1 Å². The molecule has 4 aromatic rings. The predicted molar refractivity (Wildman–Crippen MR) is 190 cm³/mol. The fourth-order valence-corrected chi connectivity index (χ4v) is 4.28. The third-order valence-corrected chi connectivity index (χ3v) is 7.25. The maximum atomic E-state index is 12.0. The highest BCUT2D eigenvalue weighted by Crippen LogP contribution is 2.41. The average molecular weight is 849 g/mol. The molecule has 49 heavy (non-hydrogen) atoms. The van der Waals surface area contributed by atoms with Crippen LogP contribution in [0.1, 0.15) is 47.3 Å². The van der Waals surface area contributed by atoms with Gasteiger partial charge in [-0.15, -0.1) is 0 Å². The lowest BCUT2D eigenvalue weighted by atomic mass is 10.1. The first-order valence-electron chi connectivity index (χ1n) is 13.3. The summed E-state index contributed by atoms with van der Waals surface area (Å²) in [5, 5.41) is 7.28. The molecule has 0 aliphatic carbocycles. The molecule has 0 unspecified atom stereocenters. The van der Waals surface area contributed by atoms with Crippen LogP contribution in [0.5, 0.6) is 0 Å². The van der Waals surface area contributed by atoms with Crippen LogP contribution in [-0.4, -0.2) is 54.3 Å². The van der Waals surface area contributed by atoms with Crippen molar-refractivity contribution < 1.29 is 19.3 Å². The van der Waals surface area contributed by atoms with Gasteiger partial charge in [0.25, 0.3) is 0 Å². The van der Waals surface area contributed by atoms with Gasteiger partial charge in [-0.05, 0) is 18.1 Å². The lowest BCUT2D eigenvalue weighted by molar-refractivity contribution is -0.150. The molecular formula is C28H17Cl9N8O4. The Morgan fingerprint density at radius 2 is 0.918 bits per heavy atom. The molecule has 0 N–H and O–H groups in total. The fraction of sp³-hybridized carbons (Fsp3) is 0.214. The standard InChI is InChI=1S/C28H17Cl9N8O4/c1-14-40-21(42-23(41-14)26(29,30)31)17-6-2-15(3-7-17)12-38-48-19(46)10-11-20(47)49-39-13-16-4-8-18(9-5-16)22-43-24(27(32,33)34)45-25(44-22)28(35,36)37/h2-9,12-13H,10-11H2,1H3/b38-12+,39-13+. The third kappa shape index (κ3) is 12.0. The maximum Gasteiger partial charge on any atom is 0.335 e. The fourth-order valence-electron chi connectivity index (χ4n) is 3.52. The zero-order valence-corrected chi connectivity index (χ0v) is 31.1.